The highest BCUT2D eigenvalue weighted by Crippen LogP contribution is 2.21. The Labute approximate surface area is 149 Å². The van der Waals surface area contributed by atoms with Crippen LogP contribution in [0.15, 0.2) is 18.3 Å². The maximum atomic E-state index is 12.8. The molecule has 2 fully saturated rings. The van der Waals surface area contributed by atoms with Crippen LogP contribution < -0.4 is 4.90 Å². The van der Waals surface area contributed by atoms with Crippen molar-refractivity contribution in [3.05, 3.63) is 18.3 Å². The molecule has 1 aromatic heterocycles. The Bertz CT molecular complexity index is 594. The second-order valence-electron chi connectivity index (χ2n) is 6.87. The molecular weight excluding hydrogens is 318 g/mol. The van der Waals surface area contributed by atoms with E-state index in [1.54, 1.807) is 13.1 Å². The monoisotopic (exact) mass is 345 g/mol. The van der Waals surface area contributed by atoms with Crippen molar-refractivity contribution < 1.29 is 9.59 Å². The summed E-state index contributed by atoms with van der Waals surface area (Å²) in [4.78, 5) is 30.6. The van der Waals surface area contributed by atoms with Crippen LogP contribution in [-0.4, -0.2) is 70.6 Å². The predicted octanol–water partition coefficient (Wildman–Crippen LogP) is 1.31. The van der Waals surface area contributed by atoms with E-state index < -0.39 is 0 Å². The Balaban J connectivity index is 1.56. The topological polar surface area (TPSA) is 69.6 Å². The molecule has 7 heteroatoms. The summed E-state index contributed by atoms with van der Waals surface area (Å²) in [5.41, 5.74) is 0. The van der Waals surface area contributed by atoms with E-state index >= 15 is 0 Å². The molecule has 0 radical (unpaired) electrons. The summed E-state index contributed by atoms with van der Waals surface area (Å²) < 4.78 is 0. The molecule has 1 atom stereocenters. The smallest absolute Gasteiger partial charge is 0.224 e. The van der Waals surface area contributed by atoms with E-state index in [1.165, 1.54) is 0 Å². The number of piperidine rings is 1. The third-order valence-electron chi connectivity index (χ3n) is 5.17. The highest BCUT2D eigenvalue weighted by molar-refractivity contribution is 5.79. The number of carbonyl (C=O) groups is 2. The van der Waals surface area contributed by atoms with Gasteiger partial charge in [0.2, 0.25) is 11.8 Å². The standard InChI is InChI=1S/C18H27N5O2/c1-15(24)23-11-3-2-6-16(23)14-18(25)22-10-5-9-21(12-13-22)17-7-4-8-19-20-17/h4,7-8,16H,2-3,5-6,9-14H2,1H3. The van der Waals surface area contributed by atoms with Gasteiger partial charge in [-0.3, -0.25) is 9.59 Å². The molecule has 2 aliphatic rings. The average Bonchev–Trinajstić information content (AvgIpc) is 2.89. The van der Waals surface area contributed by atoms with E-state index in [9.17, 15) is 9.59 Å². The van der Waals surface area contributed by atoms with E-state index in [0.29, 0.717) is 13.0 Å². The van der Waals surface area contributed by atoms with Gasteiger partial charge in [0.15, 0.2) is 5.82 Å². The second-order valence-corrected chi connectivity index (χ2v) is 6.87. The molecule has 0 saturated carbocycles. The molecule has 0 aliphatic carbocycles. The summed E-state index contributed by atoms with van der Waals surface area (Å²) in [6, 6.07) is 3.91. The highest BCUT2D eigenvalue weighted by atomic mass is 16.2. The maximum absolute atomic E-state index is 12.8. The fourth-order valence-electron chi connectivity index (χ4n) is 3.82. The first-order valence-corrected chi connectivity index (χ1v) is 9.23. The van der Waals surface area contributed by atoms with Crippen molar-refractivity contribution in [2.45, 2.75) is 45.1 Å². The van der Waals surface area contributed by atoms with Crippen LogP contribution in [0.1, 0.15) is 39.0 Å². The molecular formula is C18H27N5O2. The van der Waals surface area contributed by atoms with Crippen molar-refractivity contribution >= 4 is 17.6 Å². The van der Waals surface area contributed by atoms with Gasteiger partial charge >= 0.3 is 0 Å². The maximum Gasteiger partial charge on any atom is 0.224 e. The second kappa shape index (κ2) is 8.27. The third kappa shape index (κ3) is 4.46. The number of carbonyl (C=O) groups excluding carboxylic acids is 2. The molecule has 0 aromatic carbocycles. The number of hydrogen-bond acceptors (Lipinski definition) is 5. The minimum absolute atomic E-state index is 0.0677. The third-order valence-corrected chi connectivity index (χ3v) is 5.17. The quantitative estimate of drug-likeness (QED) is 0.826. The van der Waals surface area contributed by atoms with Crippen LogP contribution in [-0.2, 0) is 9.59 Å². The molecule has 136 valence electrons. The Morgan fingerprint density at radius 1 is 1.12 bits per heavy atom. The molecule has 0 spiro atoms. The fourth-order valence-corrected chi connectivity index (χ4v) is 3.82. The van der Waals surface area contributed by atoms with Crippen LogP contribution in [0, 0.1) is 0 Å². The number of rotatable bonds is 3. The van der Waals surface area contributed by atoms with Gasteiger partial charge in [-0.1, -0.05) is 0 Å². The van der Waals surface area contributed by atoms with Gasteiger partial charge in [0, 0.05) is 58.3 Å². The van der Waals surface area contributed by atoms with E-state index in [2.05, 4.69) is 15.1 Å². The van der Waals surface area contributed by atoms with Crippen molar-refractivity contribution in [3.63, 3.8) is 0 Å². The summed E-state index contributed by atoms with van der Waals surface area (Å²) in [5, 5.41) is 8.10. The van der Waals surface area contributed by atoms with Crippen LogP contribution >= 0.6 is 0 Å². The van der Waals surface area contributed by atoms with E-state index in [4.69, 9.17) is 0 Å². The molecule has 0 N–H and O–H groups in total. The summed E-state index contributed by atoms with van der Waals surface area (Å²) in [6.45, 7) is 5.50. The molecule has 3 rings (SSSR count). The fraction of sp³-hybridized carbons (Fsp3) is 0.667. The lowest BCUT2D eigenvalue weighted by molar-refractivity contribution is -0.137. The first-order chi connectivity index (χ1) is 12.1. The first-order valence-electron chi connectivity index (χ1n) is 9.23. The molecule has 25 heavy (non-hydrogen) atoms. The van der Waals surface area contributed by atoms with Gasteiger partial charge in [-0.15, -0.1) is 5.10 Å². The molecule has 2 aliphatic heterocycles. The zero-order valence-corrected chi connectivity index (χ0v) is 14.9. The van der Waals surface area contributed by atoms with Crippen molar-refractivity contribution in [3.8, 4) is 0 Å². The summed E-state index contributed by atoms with van der Waals surface area (Å²) in [6.07, 6.45) is 6.12. The average molecular weight is 345 g/mol. The lowest BCUT2D eigenvalue weighted by atomic mass is 9.98. The van der Waals surface area contributed by atoms with Crippen molar-refractivity contribution in [1.29, 1.82) is 0 Å². The minimum Gasteiger partial charge on any atom is -0.353 e. The van der Waals surface area contributed by atoms with E-state index in [1.807, 2.05) is 21.9 Å². The predicted molar refractivity (Wildman–Crippen MR) is 95.1 cm³/mol. The van der Waals surface area contributed by atoms with Crippen molar-refractivity contribution in [2.24, 2.45) is 0 Å². The van der Waals surface area contributed by atoms with Gasteiger partial charge in [0.25, 0.3) is 0 Å². The Morgan fingerprint density at radius 3 is 2.76 bits per heavy atom. The van der Waals surface area contributed by atoms with Gasteiger partial charge < -0.3 is 14.7 Å². The number of nitrogens with zero attached hydrogens (tertiary/aromatic N) is 5. The zero-order chi connectivity index (χ0) is 17.6. The lowest BCUT2D eigenvalue weighted by Gasteiger charge is -2.35. The normalized spacial score (nSPS) is 21.8. The van der Waals surface area contributed by atoms with Crippen molar-refractivity contribution in [1.82, 2.24) is 20.0 Å². The van der Waals surface area contributed by atoms with Crippen LogP contribution in [0.4, 0.5) is 5.82 Å². The Morgan fingerprint density at radius 2 is 2.00 bits per heavy atom. The lowest BCUT2D eigenvalue weighted by Crippen LogP contribution is -2.46. The van der Waals surface area contributed by atoms with Gasteiger partial charge in [-0.25, -0.2) is 0 Å². The molecule has 1 aromatic rings. The summed E-state index contributed by atoms with van der Waals surface area (Å²) in [7, 11) is 0. The van der Waals surface area contributed by atoms with Gasteiger partial charge in [-0.05, 0) is 37.8 Å². The molecule has 3 heterocycles. The Hall–Kier alpha value is -2.18. The zero-order valence-electron chi connectivity index (χ0n) is 14.9. The number of amides is 2. The van der Waals surface area contributed by atoms with Gasteiger partial charge in [0.05, 0.1) is 0 Å². The Kier molecular flexibility index (Phi) is 5.83. The highest BCUT2D eigenvalue weighted by Gasteiger charge is 2.29. The summed E-state index contributed by atoms with van der Waals surface area (Å²) >= 11 is 0. The summed E-state index contributed by atoms with van der Waals surface area (Å²) in [5.74, 6) is 1.12. The van der Waals surface area contributed by atoms with Crippen LogP contribution in [0.3, 0.4) is 0 Å². The van der Waals surface area contributed by atoms with Crippen LogP contribution in [0.5, 0.6) is 0 Å². The van der Waals surface area contributed by atoms with Crippen LogP contribution in [0.25, 0.3) is 0 Å². The minimum atomic E-state index is 0.0677. The number of likely N-dealkylation sites (tertiary alicyclic amines) is 1. The molecule has 1 unspecified atom stereocenters. The number of anilines is 1. The molecule has 2 amide bonds. The number of hydrogen-bond donors (Lipinski definition) is 0. The van der Waals surface area contributed by atoms with E-state index in [-0.39, 0.29) is 17.9 Å². The van der Waals surface area contributed by atoms with Crippen molar-refractivity contribution in [2.75, 3.05) is 37.6 Å². The largest absolute Gasteiger partial charge is 0.353 e. The van der Waals surface area contributed by atoms with Crippen LogP contribution in [0.2, 0.25) is 0 Å². The first kappa shape index (κ1) is 17.6. The molecule has 2 saturated heterocycles. The molecule has 0 bridgehead atoms. The van der Waals surface area contributed by atoms with Gasteiger partial charge in [-0.2, -0.15) is 5.10 Å². The number of aromatic nitrogens is 2. The van der Waals surface area contributed by atoms with E-state index in [0.717, 1.165) is 57.7 Å². The van der Waals surface area contributed by atoms with Gasteiger partial charge in [0.1, 0.15) is 0 Å². The SMILES string of the molecule is CC(=O)N1CCCCC1CC(=O)N1CCCN(c2cccnn2)CC1. The molecule has 7 nitrogen and oxygen atoms in total.